The zero-order valence-electron chi connectivity index (χ0n) is 21.3. The summed E-state index contributed by atoms with van der Waals surface area (Å²) < 4.78 is 6.86. The molecule has 0 aliphatic heterocycles. The van der Waals surface area contributed by atoms with Gasteiger partial charge in [-0.25, -0.2) is 4.79 Å². The van der Waals surface area contributed by atoms with Gasteiger partial charge in [-0.1, -0.05) is 59.3 Å². The van der Waals surface area contributed by atoms with Gasteiger partial charge in [0, 0.05) is 22.8 Å². The van der Waals surface area contributed by atoms with Gasteiger partial charge in [0.25, 0.3) is 0 Å². The van der Waals surface area contributed by atoms with Crippen LogP contribution in [0.1, 0.15) is 67.7 Å². The monoisotopic (exact) mass is 462 g/mol. The lowest BCUT2D eigenvalue weighted by Gasteiger charge is -2.56. The Hall–Kier alpha value is -1.24. The Kier molecular flexibility index (Phi) is 6.28. The average molecular weight is 463 g/mol. The fraction of sp³-hybridized carbons (Fsp3) is 0.769. The van der Waals surface area contributed by atoms with E-state index in [0.717, 1.165) is 5.57 Å². The van der Waals surface area contributed by atoms with Crippen LogP contribution in [0.25, 0.3) is 0 Å². The van der Waals surface area contributed by atoms with Crippen LogP contribution in [0.15, 0.2) is 23.3 Å². The van der Waals surface area contributed by atoms with Crippen LogP contribution in [0.2, 0.25) is 18.1 Å². The average Bonchev–Trinajstić information content (AvgIpc) is 2.60. The summed E-state index contributed by atoms with van der Waals surface area (Å²) in [6.45, 7) is 19.1. The van der Waals surface area contributed by atoms with E-state index < -0.39 is 37.1 Å². The molecule has 1 fully saturated rings. The molecular weight excluding hydrogens is 420 g/mol. The first-order valence-corrected chi connectivity index (χ1v) is 14.9. The molecule has 0 saturated heterocycles. The third-order valence-electron chi connectivity index (χ3n) is 9.28. The molecule has 0 unspecified atom stereocenters. The molecule has 32 heavy (non-hydrogen) atoms. The van der Waals surface area contributed by atoms with E-state index in [1.807, 2.05) is 13.8 Å². The Morgan fingerprint density at radius 3 is 2.28 bits per heavy atom. The summed E-state index contributed by atoms with van der Waals surface area (Å²) in [4.78, 5) is 26.4. The first kappa shape index (κ1) is 25.4. The second-order valence-electron chi connectivity index (χ2n) is 12.7. The van der Waals surface area contributed by atoms with Crippen molar-refractivity contribution in [2.45, 2.75) is 98.1 Å². The first-order valence-electron chi connectivity index (χ1n) is 11.9. The molecule has 3 rings (SSSR count). The van der Waals surface area contributed by atoms with Crippen LogP contribution in [0.5, 0.6) is 0 Å². The van der Waals surface area contributed by atoms with Crippen molar-refractivity contribution in [2.75, 3.05) is 0 Å². The van der Waals surface area contributed by atoms with Crippen molar-refractivity contribution in [2.24, 2.45) is 28.6 Å². The third kappa shape index (κ3) is 3.86. The quantitative estimate of drug-likeness (QED) is 0.436. The van der Waals surface area contributed by atoms with Crippen LogP contribution in [0, 0.1) is 28.6 Å². The number of ketones is 1. The number of hydrogen-bond acceptors (Lipinski definition) is 4. The molecule has 5 nitrogen and oxygen atoms in total. The molecule has 6 atom stereocenters. The molecule has 0 amide bonds. The smallest absolute Gasteiger partial charge is 0.332 e. The van der Waals surface area contributed by atoms with E-state index in [4.69, 9.17) is 4.43 Å². The van der Waals surface area contributed by atoms with Crippen molar-refractivity contribution in [3.8, 4) is 0 Å². The zero-order valence-corrected chi connectivity index (χ0v) is 22.3. The fourth-order valence-corrected chi connectivity index (χ4v) is 7.84. The van der Waals surface area contributed by atoms with Gasteiger partial charge in [0.1, 0.15) is 5.78 Å². The van der Waals surface area contributed by atoms with Crippen molar-refractivity contribution in [3.05, 3.63) is 23.3 Å². The summed E-state index contributed by atoms with van der Waals surface area (Å²) in [5, 5.41) is 21.6. The Morgan fingerprint density at radius 2 is 1.75 bits per heavy atom. The zero-order chi connectivity index (χ0) is 24.4. The maximum absolute atomic E-state index is 14.1. The molecular formula is C26H42O5Si. The van der Waals surface area contributed by atoms with Crippen molar-refractivity contribution >= 4 is 20.1 Å². The van der Waals surface area contributed by atoms with E-state index in [2.05, 4.69) is 53.8 Å². The molecule has 180 valence electrons. The van der Waals surface area contributed by atoms with E-state index in [-0.39, 0.29) is 34.3 Å². The summed E-state index contributed by atoms with van der Waals surface area (Å²) in [6.07, 6.45) is 4.21. The molecule has 1 saturated carbocycles. The number of hydrogen-bond donors (Lipinski definition) is 2. The van der Waals surface area contributed by atoms with Crippen LogP contribution in [0.4, 0.5) is 0 Å². The van der Waals surface area contributed by atoms with E-state index in [1.165, 1.54) is 0 Å². The third-order valence-corrected chi connectivity index (χ3v) is 13.8. The number of carboxylic acid groups (broad SMARTS) is 1. The Bertz CT molecular complexity index is 862. The van der Waals surface area contributed by atoms with Gasteiger partial charge in [-0.05, 0) is 49.7 Å². The second kappa shape index (κ2) is 7.92. The van der Waals surface area contributed by atoms with Gasteiger partial charge >= 0.3 is 5.97 Å². The molecule has 0 spiro atoms. The highest BCUT2D eigenvalue weighted by Crippen LogP contribution is 2.58. The molecule has 0 radical (unpaired) electrons. The number of aliphatic hydroxyl groups is 1. The van der Waals surface area contributed by atoms with Gasteiger partial charge < -0.3 is 14.6 Å². The predicted molar refractivity (Wildman–Crippen MR) is 129 cm³/mol. The SMILES string of the molecule is CC1=CC[C@H]2C(=O)[C@H]3C(C(=O)O)=CC[C@H](O[Si](C)(C)C(C)(C)C)[C@@]3(C)C[C@@H](O)[C@@H]1C2(C)C. The van der Waals surface area contributed by atoms with Gasteiger partial charge in [-0.3, -0.25) is 4.79 Å². The summed E-state index contributed by atoms with van der Waals surface area (Å²) in [6, 6.07) is 0. The second-order valence-corrected chi connectivity index (χ2v) is 17.5. The molecule has 0 aromatic rings. The van der Waals surface area contributed by atoms with Crippen LogP contribution < -0.4 is 0 Å². The van der Waals surface area contributed by atoms with Gasteiger partial charge in [0.15, 0.2) is 8.32 Å². The molecule has 0 aromatic heterocycles. The van der Waals surface area contributed by atoms with Gasteiger partial charge in [-0.15, -0.1) is 0 Å². The van der Waals surface area contributed by atoms with E-state index in [0.29, 0.717) is 19.3 Å². The number of fused-ring (bicyclic) bond motifs is 3. The summed E-state index contributed by atoms with van der Waals surface area (Å²) in [7, 11) is -2.19. The lowest BCUT2D eigenvalue weighted by atomic mass is 9.50. The number of carbonyl (C=O) groups excluding carboxylic acids is 1. The lowest BCUT2D eigenvalue weighted by molar-refractivity contribution is -0.153. The van der Waals surface area contributed by atoms with Gasteiger partial charge in [-0.2, -0.15) is 0 Å². The number of carboxylic acids is 1. The Morgan fingerprint density at radius 1 is 1.16 bits per heavy atom. The van der Waals surface area contributed by atoms with Crippen molar-refractivity contribution in [3.63, 3.8) is 0 Å². The minimum absolute atomic E-state index is 0.00432. The minimum Gasteiger partial charge on any atom is -0.478 e. The lowest BCUT2D eigenvalue weighted by Crippen LogP contribution is -2.60. The Balaban J connectivity index is 2.18. The summed E-state index contributed by atoms with van der Waals surface area (Å²) in [5.74, 6) is -2.28. The largest absolute Gasteiger partial charge is 0.478 e. The predicted octanol–water partition coefficient (Wildman–Crippen LogP) is 5.36. The van der Waals surface area contributed by atoms with E-state index >= 15 is 0 Å². The van der Waals surface area contributed by atoms with Gasteiger partial charge in [0.2, 0.25) is 0 Å². The summed E-state index contributed by atoms with van der Waals surface area (Å²) >= 11 is 0. The maximum Gasteiger partial charge on any atom is 0.332 e. The van der Waals surface area contributed by atoms with Crippen molar-refractivity contribution in [1.29, 1.82) is 0 Å². The Labute approximate surface area is 194 Å². The number of allylic oxidation sites excluding steroid dienone is 1. The van der Waals surface area contributed by atoms with Crippen molar-refractivity contribution in [1.82, 2.24) is 0 Å². The van der Waals surface area contributed by atoms with Crippen molar-refractivity contribution < 1.29 is 24.2 Å². The van der Waals surface area contributed by atoms with E-state index in [9.17, 15) is 19.8 Å². The standard InChI is InChI=1S/C26H42O5Si/c1-15-10-12-17-22(28)21-16(23(29)30)11-13-19(31-32(8,9)24(2,3)4)26(21,7)14-18(27)20(15)25(17,5)6/h10-11,17-21,27H,12-14H2,1-9H3,(H,29,30)/t17-,18+,19-,20+,21+,26+/m0/s1. The van der Waals surface area contributed by atoms with E-state index in [1.54, 1.807) is 6.08 Å². The number of Topliss-reactive ketones (excluding diaryl/α,β-unsaturated/α-hetero) is 1. The van der Waals surface area contributed by atoms with Crippen LogP contribution in [-0.4, -0.2) is 42.5 Å². The summed E-state index contributed by atoms with van der Waals surface area (Å²) in [5.41, 5.74) is 0.0904. The number of aliphatic carboxylic acids is 1. The minimum atomic E-state index is -2.19. The number of rotatable bonds is 3. The highest BCUT2D eigenvalue weighted by atomic mass is 28.4. The topological polar surface area (TPSA) is 83.8 Å². The molecule has 0 aromatic carbocycles. The highest BCUT2D eigenvalue weighted by molar-refractivity contribution is 6.74. The molecule has 2 bridgehead atoms. The van der Waals surface area contributed by atoms with Crippen LogP contribution >= 0.6 is 0 Å². The normalized spacial score (nSPS) is 37.6. The first-order chi connectivity index (χ1) is 14.4. The number of aliphatic hydroxyl groups excluding tert-OH is 1. The molecule has 2 N–H and O–H groups in total. The molecule has 6 heteroatoms. The highest BCUT2D eigenvalue weighted by Gasteiger charge is 2.60. The molecule has 3 aliphatic rings. The molecule has 0 heterocycles. The maximum atomic E-state index is 14.1. The molecule has 3 aliphatic carbocycles. The van der Waals surface area contributed by atoms with Crippen LogP contribution in [-0.2, 0) is 14.0 Å². The number of carbonyl (C=O) groups is 2. The fourth-order valence-electron chi connectivity index (χ4n) is 6.41. The van der Waals surface area contributed by atoms with Gasteiger partial charge in [0.05, 0.1) is 18.1 Å². The van der Waals surface area contributed by atoms with Crippen LogP contribution in [0.3, 0.4) is 0 Å².